The maximum Gasteiger partial charge on any atom is 0.161 e. The maximum absolute atomic E-state index is 5.30. The molecule has 0 saturated heterocycles. The highest BCUT2D eigenvalue weighted by Gasteiger charge is 2.05. The molecule has 2 aromatic rings. The Morgan fingerprint density at radius 1 is 0.857 bits per heavy atom. The summed E-state index contributed by atoms with van der Waals surface area (Å²) < 4.78 is 16.7. The molecule has 0 aliphatic heterocycles. The molecule has 5 heteroatoms. The highest BCUT2D eigenvalue weighted by atomic mass is 79.9. The first-order valence-electron chi connectivity index (χ1n) is 6.46. The summed E-state index contributed by atoms with van der Waals surface area (Å²) in [5, 5.41) is 3.35. The fourth-order valence-corrected chi connectivity index (χ4v) is 2.37. The van der Waals surface area contributed by atoms with Crippen LogP contribution in [0.1, 0.15) is 5.56 Å². The monoisotopic (exact) mass is 351 g/mol. The van der Waals surface area contributed by atoms with E-state index in [1.165, 1.54) is 0 Å². The Kier molecular flexibility index (Phi) is 5.33. The number of hydrogen-bond donors (Lipinski definition) is 1. The summed E-state index contributed by atoms with van der Waals surface area (Å²) in [5.41, 5.74) is 2.10. The molecule has 112 valence electrons. The summed E-state index contributed by atoms with van der Waals surface area (Å²) in [6.45, 7) is 0.686. The lowest BCUT2D eigenvalue weighted by Gasteiger charge is -2.12. The van der Waals surface area contributed by atoms with Gasteiger partial charge in [-0.05, 0) is 45.8 Å². The predicted octanol–water partition coefficient (Wildman–Crippen LogP) is 4.09. The van der Waals surface area contributed by atoms with Gasteiger partial charge in [0.25, 0.3) is 0 Å². The van der Waals surface area contributed by atoms with Gasteiger partial charge in [-0.25, -0.2) is 0 Å². The second-order valence-corrected chi connectivity index (χ2v) is 5.25. The molecule has 0 unspecified atom stereocenters. The van der Waals surface area contributed by atoms with Gasteiger partial charge in [0.15, 0.2) is 11.5 Å². The highest BCUT2D eigenvalue weighted by Crippen LogP contribution is 2.29. The average molecular weight is 352 g/mol. The molecule has 2 aromatic carbocycles. The van der Waals surface area contributed by atoms with Crippen molar-refractivity contribution in [1.29, 1.82) is 0 Å². The number of halogens is 1. The number of methoxy groups -OCH3 is 3. The summed E-state index contributed by atoms with van der Waals surface area (Å²) >= 11 is 3.44. The van der Waals surface area contributed by atoms with E-state index in [4.69, 9.17) is 14.2 Å². The first-order chi connectivity index (χ1) is 10.2. The Morgan fingerprint density at radius 2 is 1.57 bits per heavy atom. The van der Waals surface area contributed by atoms with Crippen LogP contribution < -0.4 is 19.5 Å². The van der Waals surface area contributed by atoms with Gasteiger partial charge < -0.3 is 19.5 Å². The minimum Gasteiger partial charge on any atom is -0.495 e. The van der Waals surface area contributed by atoms with Crippen LogP contribution in [0.3, 0.4) is 0 Å². The average Bonchev–Trinajstić information content (AvgIpc) is 2.53. The van der Waals surface area contributed by atoms with Gasteiger partial charge in [0.05, 0.1) is 25.8 Å². The zero-order valence-electron chi connectivity index (χ0n) is 12.3. The molecule has 0 radical (unpaired) electrons. The summed E-state index contributed by atoms with van der Waals surface area (Å²) in [4.78, 5) is 0. The van der Waals surface area contributed by atoms with Crippen LogP contribution in [0.25, 0.3) is 0 Å². The van der Waals surface area contributed by atoms with E-state index >= 15 is 0 Å². The summed E-state index contributed by atoms with van der Waals surface area (Å²) in [5.74, 6) is 2.25. The smallest absolute Gasteiger partial charge is 0.161 e. The highest BCUT2D eigenvalue weighted by molar-refractivity contribution is 9.10. The Bertz CT molecular complexity index is 616. The van der Waals surface area contributed by atoms with Gasteiger partial charge >= 0.3 is 0 Å². The van der Waals surface area contributed by atoms with Crippen molar-refractivity contribution in [3.05, 3.63) is 46.4 Å². The molecule has 1 N–H and O–H groups in total. The van der Waals surface area contributed by atoms with Crippen molar-refractivity contribution >= 4 is 21.6 Å². The van der Waals surface area contributed by atoms with Crippen molar-refractivity contribution in [1.82, 2.24) is 0 Å². The zero-order chi connectivity index (χ0) is 15.2. The zero-order valence-corrected chi connectivity index (χ0v) is 13.9. The minimum atomic E-state index is 0.686. The maximum atomic E-state index is 5.30. The van der Waals surface area contributed by atoms with Gasteiger partial charge in [-0.15, -0.1) is 0 Å². The van der Waals surface area contributed by atoms with Crippen LogP contribution in [-0.4, -0.2) is 21.3 Å². The van der Waals surface area contributed by atoms with E-state index in [9.17, 15) is 0 Å². The molecule has 0 fully saturated rings. The third-order valence-corrected chi connectivity index (χ3v) is 3.75. The van der Waals surface area contributed by atoms with Crippen molar-refractivity contribution in [3.63, 3.8) is 0 Å². The van der Waals surface area contributed by atoms with Crippen molar-refractivity contribution in [3.8, 4) is 17.2 Å². The molecule has 0 spiro atoms. The van der Waals surface area contributed by atoms with E-state index < -0.39 is 0 Å². The van der Waals surface area contributed by atoms with Crippen molar-refractivity contribution < 1.29 is 14.2 Å². The number of nitrogens with one attached hydrogen (secondary N) is 1. The third kappa shape index (κ3) is 3.82. The Hall–Kier alpha value is -1.88. The van der Waals surface area contributed by atoms with Gasteiger partial charge in [0, 0.05) is 18.3 Å². The molecule has 0 heterocycles. The number of anilines is 1. The van der Waals surface area contributed by atoms with Gasteiger partial charge in [0.1, 0.15) is 5.75 Å². The van der Waals surface area contributed by atoms with Gasteiger partial charge in [0.2, 0.25) is 0 Å². The largest absolute Gasteiger partial charge is 0.495 e. The SMILES string of the molecule is COc1cc(NCc2ccc(OC)c(OC)c2)ccc1Br. The molecule has 0 aliphatic carbocycles. The number of hydrogen-bond acceptors (Lipinski definition) is 4. The first kappa shape index (κ1) is 15.5. The fraction of sp³-hybridized carbons (Fsp3) is 0.250. The van der Waals surface area contributed by atoms with Gasteiger partial charge in [-0.3, -0.25) is 0 Å². The normalized spacial score (nSPS) is 10.1. The summed E-state index contributed by atoms with van der Waals surface area (Å²) in [7, 11) is 4.91. The van der Waals surface area contributed by atoms with Crippen molar-refractivity contribution in [2.75, 3.05) is 26.6 Å². The van der Waals surface area contributed by atoms with E-state index in [1.54, 1.807) is 21.3 Å². The molecular formula is C16H18BrNO3. The Morgan fingerprint density at radius 3 is 2.24 bits per heavy atom. The molecule has 21 heavy (non-hydrogen) atoms. The van der Waals surface area contributed by atoms with Crippen molar-refractivity contribution in [2.24, 2.45) is 0 Å². The molecule has 0 saturated carbocycles. The van der Waals surface area contributed by atoms with Crippen LogP contribution in [0.4, 0.5) is 5.69 Å². The molecule has 0 aliphatic rings. The lowest BCUT2D eigenvalue weighted by molar-refractivity contribution is 0.354. The molecule has 0 aromatic heterocycles. The second kappa shape index (κ2) is 7.22. The molecule has 4 nitrogen and oxygen atoms in total. The van der Waals surface area contributed by atoms with E-state index in [2.05, 4.69) is 21.2 Å². The Balaban J connectivity index is 2.09. The fourth-order valence-electron chi connectivity index (χ4n) is 1.96. The molecule has 0 bridgehead atoms. The number of rotatable bonds is 6. The molecule has 0 amide bonds. The minimum absolute atomic E-state index is 0.686. The van der Waals surface area contributed by atoms with E-state index in [1.807, 2.05) is 36.4 Å². The molecule has 2 rings (SSSR count). The van der Waals surface area contributed by atoms with Crippen LogP contribution >= 0.6 is 15.9 Å². The van der Waals surface area contributed by atoms with Crippen LogP contribution in [0.2, 0.25) is 0 Å². The quantitative estimate of drug-likeness (QED) is 0.850. The van der Waals surface area contributed by atoms with Gasteiger partial charge in [-0.1, -0.05) is 6.07 Å². The first-order valence-corrected chi connectivity index (χ1v) is 7.25. The lowest BCUT2D eigenvalue weighted by atomic mass is 10.2. The second-order valence-electron chi connectivity index (χ2n) is 4.39. The molecule has 0 atom stereocenters. The van der Waals surface area contributed by atoms with E-state index in [0.717, 1.165) is 33.0 Å². The van der Waals surface area contributed by atoms with E-state index in [0.29, 0.717) is 6.54 Å². The number of benzene rings is 2. The van der Waals surface area contributed by atoms with Crippen LogP contribution in [0, 0.1) is 0 Å². The summed E-state index contributed by atoms with van der Waals surface area (Å²) in [6, 6.07) is 11.8. The number of ether oxygens (including phenoxy) is 3. The van der Waals surface area contributed by atoms with Crippen molar-refractivity contribution in [2.45, 2.75) is 6.54 Å². The van der Waals surface area contributed by atoms with Gasteiger partial charge in [-0.2, -0.15) is 0 Å². The van der Waals surface area contributed by atoms with Crippen LogP contribution in [0.15, 0.2) is 40.9 Å². The molecular weight excluding hydrogens is 334 g/mol. The van der Waals surface area contributed by atoms with Crippen LogP contribution in [0.5, 0.6) is 17.2 Å². The predicted molar refractivity (Wildman–Crippen MR) is 87.6 cm³/mol. The topological polar surface area (TPSA) is 39.7 Å². The van der Waals surface area contributed by atoms with E-state index in [-0.39, 0.29) is 0 Å². The lowest BCUT2D eigenvalue weighted by Crippen LogP contribution is -2.01. The Labute approximate surface area is 133 Å². The standard InChI is InChI=1S/C16H18BrNO3/c1-19-14-7-4-11(8-16(14)21-3)10-18-12-5-6-13(17)15(9-12)20-2/h4-9,18H,10H2,1-3H3. The summed E-state index contributed by atoms with van der Waals surface area (Å²) in [6.07, 6.45) is 0. The third-order valence-electron chi connectivity index (χ3n) is 3.10. The van der Waals surface area contributed by atoms with Crippen LogP contribution in [-0.2, 0) is 6.54 Å².